The number of ketones is 1. The molecule has 4 heteroatoms. The lowest BCUT2D eigenvalue weighted by Gasteiger charge is -2.12. The number of fused-ring (bicyclic) bond motifs is 1. The lowest BCUT2D eigenvalue weighted by molar-refractivity contribution is -0.120. The van der Waals surface area contributed by atoms with E-state index in [4.69, 9.17) is 0 Å². The third-order valence-corrected chi connectivity index (χ3v) is 3.74. The van der Waals surface area contributed by atoms with E-state index in [1.165, 1.54) is 0 Å². The fourth-order valence-corrected chi connectivity index (χ4v) is 2.40. The van der Waals surface area contributed by atoms with Gasteiger partial charge in [-0.15, -0.1) is 0 Å². The van der Waals surface area contributed by atoms with Gasteiger partial charge in [-0.25, -0.2) is 0 Å². The number of carbonyl (C=O) groups excluding carboxylic acids is 2. The third kappa shape index (κ3) is 3.25. The Labute approximate surface area is 126 Å². The van der Waals surface area contributed by atoms with Crippen LogP contribution in [0.5, 0.6) is 0 Å². The molecule has 1 unspecified atom stereocenters. The van der Waals surface area contributed by atoms with Gasteiger partial charge in [0.25, 0.3) is 5.91 Å². The number of hydrogen-bond acceptors (Lipinski definition) is 2. The number of carbonyl (C=O) groups is 2. The van der Waals surface area contributed by atoms with Crippen LogP contribution in [0.15, 0.2) is 40.9 Å². The van der Waals surface area contributed by atoms with Gasteiger partial charge in [0.1, 0.15) is 0 Å². The zero-order valence-corrected chi connectivity index (χ0v) is 13.0. The van der Waals surface area contributed by atoms with Gasteiger partial charge in [-0.1, -0.05) is 35.0 Å². The average molecular weight is 334 g/mol. The number of rotatable bonds is 4. The van der Waals surface area contributed by atoms with Crippen molar-refractivity contribution < 1.29 is 9.59 Å². The molecule has 2 rings (SSSR count). The highest BCUT2D eigenvalue weighted by Gasteiger charge is 2.15. The molecule has 0 radical (unpaired) electrons. The Balaban J connectivity index is 2.22. The van der Waals surface area contributed by atoms with Crippen LogP contribution in [0.25, 0.3) is 10.8 Å². The smallest absolute Gasteiger partial charge is 0.251 e. The van der Waals surface area contributed by atoms with E-state index in [9.17, 15) is 9.59 Å². The van der Waals surface area contributed by atoms with Crippen molar-refractivity contribution in [3.8, 4) is 0 Å². The summed E-state index contributed by atoms with van der Waals surface area (Å²) in [6.45, 7) is 3.50. The van der Waals surface area contributed by atoms with E-state index in [1.807, 2.05) is 30.3 Å². The van der Waals surface area contributed by atoms with Gasteiger partial charge in [-0.2, -0.15) is 0 Å². The first-order valence-corrected chi connectivity index (χ1v) is 7.33. The Morgan fingerprint density at radius 3 is 2.50 bits per heavy atom. The van der Waals surface area contributed by atoms with Crippen molar-refractivity contribution in [2.24, 2.45) is 0 Å². The quantitative estimate of drug-likeness (QED) is 0.927. The molecule has 0 fully saturated rings. The van der Waals surface area contributed by atoms with Crippen LogP contribution < -0.4 is 5.32 Å². The number of amides is 1. The number of hydrogen-bond donors (Lipinski definition) is 1. The molecule has 0 spiro atoms. The van der Waals surface area contributed by atoms with Crippen molar-refractivity contribution in [1.82, 2.24) is 5.32 Å². The van der Waals surface area contributed by atoms with E-state index in [-0.39, 0.29) is 11.7 Å². The lowest BCUT2D eigenvalue weighted by Crippen LogP contribution is -2.38. The zero-order chi connectivity index (χ0) is 14.7. The van der Waals surface area contributed by atoms with Crippen molar-refractivity contribution in [3.63, 3.8) is 0 Å². The highest BCUT2D eigenvalue weighted by Crippen LogP contribution is 2.21. The van der Waals surface area contributed by atoms with Crippen molar-refractivity contribution in [1.29, 1.82) is 0 Å². The summed E-state index contributed by atoms with van der Waals surface area (Å²) in [5, 5.41) is 4.78. The first-order chi connectivity index (χ1) is 9.51. The second-order valence-electron chi connectivity index (χ2n) is 4.72. The normalized spacial score (nSPS) is 12.2. The molecule has 0 saturated carbocycles. The molecule has 2 aromatic carbocycles. The van der Waals surface area contributed by atoms with E-state index in [0.717, 1.165) is 15.2 Å². The molecule has 0 aliphatic rings. The Kier molecular flexibility index (Phi) is 4.55. The topological polar surface area (TPSA) is 46.2 Å². The zero-order valence-electron chi connectivity index (χ0n) is 11.4. The Morgan fingerprint density at radius 2 is 1.80 bits per heavy atom. The molecule has 0 heterocycles. The van der Waals surface area contributed by atoms with Crippen LogP contribution in [0.4, 0.5) is 0 Å². The van der Waals surface area contributed by atoms with Crippen LogP contribution in [0.2, 0.25) is 0 Å². The maximum Gasteiger partial charge on any atom is 0.251 e. The summed E-state index contributed by atoms with van der Waals surface area (Å²) >= 11 is 3.42. The highest BCUT2D eigenvalue weighted by molar-refractivity contribution is 9.10. The molecule has 2 aromatic rings. The van der Waals surface area contributed by atoms with Gasteiger partial charge in [-0.05, 0) is 42.0 Å². The maximum atomic E-state index is 12.1. The standard InChI is InChI=1S/C16H16BrNO2/c1-3-15(19)10(2)18-16(20)13-5-4-12-9-14(17)7-6-11(12)8-13/h4-10H,3H2,1-2H3,(H,18,20). The molecule has 0 aliphatic carbocycles. The van der Waals surface area contributed by atoms with Crippen molar-refractivity contribution >= 4 is 38.4 Å². The Bertz CT molecular complexity index is 667. The van der Waals surface area contributed by atoms with Crippen LogP contribution >= 0.6 is 15.9 Å². The van der Waals surface area contributed by atoms with E-state index >= 15 is 0 Å². The highest BCUT2D eigenvalue weighted by atomic mass is 79.9. The molecule has 0 aliphatic heterocycles. The van der Waals surface area contributed by atoms with Gasteiger partial charge >= 0.3 is 0 Å². The minimum Gasteiger partial charge on any atom is -0.343 e. The molecule has 1 atom stereocenters. The summed E-state index contributed by atoms with van der Waals surface area (Å²) in [7, 11) is 0. The number of benzene rings is 2. The van der Waals surface area contributed by atoms with Crippen LogP contribution in [-0.2, 0) is 4.79 Å². The minimum atomic E-state index is -0.451. The summed E-state index contributed by atoms with van der Waals surface area (Å²) in [5.41, 5.74) is 0.565. The molecule has 104 valence electrons. The van der Waals surface area contributed by atoms with Crippen molar-refractivity contribution in [2.75, 3.05) is 0 Å². The largest absolute Gasteiger partial charge is 0.343 e. The predicted molar refractivity (Wildman–Crippen MR) is 83.9 cm³/mol. The molecule has 0 aromatic heterocycles. The van der Waals surface area contributed by atoms with E-state index in [2.05, 4.69) is 21.2 Å². The summed E-state index contributed by atoms with van der Waals surface area (Å²) < 4.78 is 1.00. The van der Waals surface area contributed by atoms with Crippen molar-refractivity contribution in [3.05, 3.63) is 46.4 Å². The number of Topliss-reactive ketones (excluding diaryl/α,β-unsaturated/α-hetero) is 1. The molecular formula is C16H16BrNO2. The molecule has 0 bridgehead atoms. The van der Waals surface area contributed by atoms with Gasteiger partial charge in [-0.3, -0.25) is 9.59 Å². The summed E-state index contributed by atoms with van der Waals surface area (Å²) in [6.07, 6.45) is 0.424. The summed E-state index contributed by atoms with van der Waals surface area (Å²) in [4.78, 5) is 23.6. The molecular weight excluding hydrogens is 318 g/mol. The molecule has 1 N–H and O–H groups in total. The SMILES string of the molecule is CCC(=O)C(C)NC(=O)c1ccc2cc(Br)ccc2c1. The van der Waals surface area contributed by atoms with E-state index in [0.29, 0.717) is 12.0 Å². The molecule has 1 amide bonds. The van der Waals surface area contributed by atoms with E-state index < -0.39 is 6.04 Å². The lowest BCUT2D eigenvalue weighted by atomic mass is 10.1. The second kappa shape index (κ2) is 6.18. The van der Waals surface area contributed by atoms with Gasteiger partial charge in [0.05, 0.1) is 6.04 Å². The van der Waals surface area contributed by atoms with E-state index in [1.54, 1.807) is 19.9 Å². The Hall–Kier alpha value is -1.68. The maximum absolute atomic E-state index is 12.1. The second-order valence-corrected chi connectivity index (χ2v) is 5.64. The first kappa shape index (κ1) is 14.7. The summed E-state index contributed by atoms with van der Waals surface area (Å²) in [6, 6.07) is 11.0. The fraction of sp³-hybridized carbons (Fsp3) is 0.250. The summed E-state index contributed by atoms with van der Waals surface area (Å²) in [5.74, 6) is -0.188. The third-order valence-electron chi connectivity index (χ3n) is 3.24. The van der Waals surface area contributed by atoms with Gasteiger partial charge in [0.15, 0.2) is 5.78 Å². The minimum absolute atomic E-state index is 0.0306. The van der Waals surface area contributed by atoms with Crippen LogP contribution in [0.1, 0.15) is 30.6 Å². The van der Waals surface area contributed by atoms with Crippen LogP contribution in [-0.4, -0.2) is 17.7 Å². The molecule has 3 nitrogen and oxygen atoms in total. The van der Waals surface area contributed by atoms with Crippen LogP contribution in [0, 0.1) is 0 Å². The predicted octanol–water partition coefficient (Wildman–Crippen LogP) is 3.70. The number of nitrogens with one attached hydrogen (secondary N) is 1. The molecule has 0 saturated heterocycles. The monoisotopic (exact) mass is 333 g/mol. The fourth-order valence-electron chi connectivity index (χ4n) is 2.02. The Morgan fingerprint density at radius 1 is 1.15 bits per heavy atom. The van der Waals surface area contributed by atoms with Gasteiger partial charge in [0.2, 0.25) is 0 Å². The first-order valence-electron chi connectivity index (χ1n) is 6.54. The average Bonchev–Trinajstić information content (AvgIpc) is 2.45. The number of halogens is 1. The van der Waals surface area contributed by atoms with Crippen molar-refractivity contribution in [2.45, 2.75) is 26.3 Å². The van der Waals surface area contributed by atoms with Crippen LogP contribution in [0.3, 0.4) is 0 Å². The molecule has 20 heavy (non-hydrogen) atoms. The van der Waals surface area contributed by atoms with Gasteiger partial charge < -0.3 is 5.32 Å². The van der Waals surface area contributed by atoms with Gasteiger partial charge in [0, 0.05) is 16.5 Å².